The number of hydrogen-bond donors (Lipinski definition) is 2. The molecule has 1 aliphatic rings. The minimum Gasteiger partial charge on any atom is -0.327 e. The summed E-state index contributed by atoms with van der Waals surface area (Å²) in [5.74, 6) is -0.139. The van der Waals surface area contributed by atoms with Crippen molar-refractivity contribution >= 4 is 58.8 Å². The van der Waals surface area contributed by atoms with Gasteiger partial charge in [-0.15, -0.1) is 12.4 Å². The molecule has 0 bridgehead atoms. The predicted molar refractivity (Wildman–Crippen MR) is 91.0 cm³/mol. The zero-order valence-electron chi connectivity index (χ0n) is 11.2. The number of hydrogen-bond acceptors (Lipinski definition) is 3. The summed E-state index contributed by atoms with van der Waals surface area (Å²) < 4.78 is 0. The summed E-state index contributed by atoms with van der Waals surface area (Å²) in [5.41, 5.74) is 6.35. The minimum atomic E-state index is -0.139. The number of nitrogens with zero attached hydrogens (tertiary/aromatic N) is 1. The van der Waals surface area contributed by atoms with Crippen LogP contribution in [0.3, 0.4) is 0 Å². The fourth-order valence-corrected chi connectivity index (χ4v) is 2.84. The second-order valence-electron chi connectivity index (χ2n) is 4.93. The molecule has 3 N–H and O–H groups in total. The van der Waals surface area contributed by atoms with Crippen LogP contribution in [0.2, 0.25) is 15.1 Å². The molecule has 0 aromatic heterocycles. The quantitative estimate of drug-likeness (QED) is 0.799. The van der Waals surface area contributed by atoms with Gasteiger partial charge in [-0.05, 0) is 31.5 Å². The number of amides is 1. The van der Waals surface area contributed by atoms with Gasteiger partial charge in [0.15, 0.2) is 0 Å². The van der Waals surface area contributed by atoms with Crippen LogP contribution in [0.15, 0.2) is 12.1 Å². The van der Waals surface area contributed by atoms with Crippen molar-refractivity contribution in [3.63, 3.8) is 0 Å². The molecule has 0 saturated carbocycles. The van der Waals surface area contributed by atoms with Crippen molar-refractivity contribution < 1.29 is 4.79 Å². The van der Waals surface area contributed by atoms with Crippen LogP contribution in [0.25, 0.3) is 0 Å². The monoisotopic (exact) mass is 371 g/mol. The van der Waals surface area contributed by atoms with E-state index in [-0.39, 0.29) is 24.4 Å². The lowest BCUT2D eigenvalue weighted by molar-refractivity contribution is -0.117. The van der Waals surface area contributed by atoms with Gasteiger partial charge in [-0.25, -0.2) is 0 Å². The smallest absolute Gasteiger partial charge is 0.238 e. The Labute approximate surface area is 145 Å². The van der Waals surface area contributed by atoms with Crippen molar-refractivity contribution in [1.82, 2.24) is 4.90 Å². The lowest BCUT2D eigenvalue weighted by atomic mass is 10.1. The Bertz CT molecular complexity index is 512. The Morgan fingerprint density at radius 1 is 1.29 bits per heavy atom. The first kappa shape index (κ1) is 18.8. The first-order valence-corrected chi connectivity index (χ1v) is 7.51. The molecule has 4 nitrogen and oxygen atoms in total. The number of nitrogens with two attached hydrogens (primary N) is 1. The summed E-state index contributed by atoms with van der Waals surface area (Å²) in [5, 5.41) is 3.82. The molecule has 0 aliphatic carbocycles. The van der Waals surface area contributed by atoms with Crippen LogP contribution in [0, 0.1) is 0 Å². The molecule has 1 aromatic rings. The molecular formula is C13H17Cl4N3O. The standard InChI is InChI=1S/C13H16Cl3N3O.ClH/c14-9-4-11(16)12(5-10(9)15)18-13(20)7-19-3-1-2-8(17)6-19;/h4-5,8H,1-3,6-7,17H2,(H,18,20);1H. The van der Waals surface area contributed by atoms with Crippen molar-refractivity contribution in [3.8, 4) is 0 Å². The van der Waals surface area contributed by atoms with Gasteiger partial charge in [-0.3, -0.25) is 9.69 Å². The van der Waals surface area contributed by atoms with E-state index in [0.717, 1.165) is 25.9 Å². The number of piperidine rings is 1. The number of carbonyl (C=O) groups excluding carboxylic acids is 1. The molecule has 0 radical (unpaired) electrons. The lowest BCUT2D eigenvalue weighted by Crippen LogP contribution is -2.45. The number of nitrogens with one attached hydrogen (secondary N) is 1. The van der Waals surface area contributed by atoms with Crippen LogP contribution in [-0.4, -0.2) is 36.5 Å². The van der Waals surface area contributed by atoms with Gasteiger partial charge in [0.1, 0.15) is 0 Å². The van der Waals surface area contributed by atoms with E-state index in [9.17, 15) is 4.79 Å². The summed E-state index contributed by atoms with van der Waals surface area (Å²) in [6.45, 7) is 1.92. The predicted octanol–water partition coefficient (Wildman–Crippen LogP) is 3.43. The van der Waals surface area contributed by atoms with E-state index in [4.69, 9.17) is 40.5 Å². The maximum atomic E-state index is 12.0. The number of carbonyl (C=O) groups is 1. The summed E-state index contributed by atoms with van der Waals surface area (Å²) in [4.78, 5) is 14.0. The maximum Gasteiger partial charge on any atom is 0.238 e. The van der Waals surface area contributed by atoms with Crippen molar-refractivity contribution in [2.45, 2.75) is 18.9 Å². The molecule has 1 fully saturated rings. The molecule has 1 atom stereocenters. The average molecular weight is 373 g/mol. The van der Waals surface area contributed by atoms with Crippen molar-refractivity contribution in [1.29, 1.82) is 0 Å². The number of likely N-dealkylation sites (tertiary alicyclic amines) is 1. The Kier molecular flexibility index (Phi) is 7.54. The van der Waals surface area contributed by atoms with Crippen LogP contribution in [0.1, 0.15) is 12.8 Å². The third-order valence-electron chi connectivity index (χ3n) is 3.19. The molecule has 0 spiro atoms. The van der Waals surface area contributed by atoms with E-state index < -0.39 is 0 Å². The maximum absolute atomic E-state index is 12.0. The molecule has 1 unspecified atom stereocenters. The third kappa shape index (κ3) is 5.47. The zero-order chi connectivity index (χ0) is 14.7. The molecule has 1 saturated heterocycles. The van der Waals surface area contributed by atoms with Gasteiger partial charge in [0.05, 0.1) is 27.3 Å². The van der Waals surface area contributed by atoms with Gasteiger partial charge in [0.25, 0.3) is 0 Å². The second kappa shape index (κ2) is 8.42. The van der Waals surface area contributed by atoms with Gasteiger partial charge in [0.2, 0.25) is 5.91 Å². The number of rotatable bonds is 3. The van der Waals surface area contributed by atoms with Crippen LogP contribution < -0.4 is 11.1 Å². The fourth-order valence-electron chi connectivity index (χ4n) is 2.25. The molecule has 1 heterocycles. The summed E-state index contributed by atoms with van der Waals surface area (Å²) >= 11 is 17.8. The molecule has 2 rings (SSSR count). The molecule has 8 heteroatoms. The van der Waals surface area contributed by atoms with Crippen LogP contribution in [0.5, 0.6) is 0 Å². The first-order valence-electron chi connectivity index (χ1n) is 6.38. The minimum absolute atomic E-state index is 0. The Morgan fingerprint density at radius 3 is 2.62 bits per heavy atom. The topological polar surface area (TPSA) is 58.4 Å². The number of benzene rings is 1. The van der Waals surface area contributed by atoms with Crippen molar-refractivity contribution in [3.05, 3.63) is 27.2 Å². The zero-order valence-corrected chi connectivity index (χ0v) is 14.3. The summed E-state index contributed by atoms with van der Waals surface area (Å²) in [7, 11) is 0. The number of halogens is 4. The van der Waals surface area contributed by atoms with Crippen molar-refractivity contribution in [2.75, 3.05) is 25.0 Å². The highest BCUT2D eigenvalue weighted by Gasteiger charge is 2.19. The van der Waals surface area contributed by atoms with E-state index in [1.165, 1.54) is 6.07 Å². The highest BCUT2D eigenvalue weighted by Crippen LogP contribution is 2.32. The number of anilines is 1. The first-order chi connectivity index (χ1) is 9.45. The Hall–Kier alpha value is -0.230. The molecule has 118 valence electrons. The Morgan fingerprint density at radius 2 is 1.95 bits per heavy atom. The molecule has 1 aromatic carbocycles. The molecule has 1 aliphatic heterocycles. The third-order valence-corrected chi connectivity index (χ3v) is 4.23. The SMILES string of the molecule is Cl.NC1CCCN(CC(=O)Nc2cc(Cl)c(Cl)cc2Cl)C1. The lowest BCUT2D eigenvalue weighted by Gasteiger charge is -2.30. The fraction of sp³-hybridized carbons (Fsp3) is 0.462. The van der Waals surface area contributed by atoms with E-state index in [2.05, 4.69) is 5.32 Å². The van der Waals surface area contributed by atoms with Gasteiger partial charge >= 0.3 is 0 Å². The molecule has 1 amide bonds. The van der Waals surface area contributed by atoms with Crippen LogP contribution >= 0.6 is 47.2 Å². The van der Waals surface area contributed by atoms with Crippen molar-refractivity contribution in [2.24, 2.45) is 5.73 Å². The van der Waals surface area contributed by atoms with Gasteiger partial charge in [-0.1, -0.05) is 34.8 Å². The van der Waals surface area contributed by atoms with Crippen LogP contribution in [-0.2, 0) is 4.79 Å². The van der Waals surface area contributed by atoms with E-state index >= 15 is 0 Å². The second-order valence-corrected chi connectivity index (χ2v) is 6.15. The molecule has 21 heavy (non-hydrogen) atoms. The summed E-state index contributed by atoms with van der Waals surface area (Å²) in [6, 6.07) is 3.20. The Balaban J connectivity index is 0.00000220. The van der Waals surface area contributed by atoms with E-state index in [0.29, 0.717) is 27.3 Å². The average Bonchev–Trinajstić information content (AvgIpc) is 2.36. The van der Waals surface area contributed by atoms with Gasteiger partial charge in [-0.2, -0.15) is 0 Å². The van der Waals surface area contributed by atoms with Crippen LogP contribution in [0.4, 0.5) is 5.69 Å². The van der Waals surface area contributed by atoms with Gasteiger partial charge < -0.3 is 11.1 Å². The van der Waals surface area contributed by atoms with E-state index in [1.54, 1.807) is 6.07 Å². The highest BCUT2D eigenvalue weighted by atomic mass is 35.5. The normalized spacial score (nSPS) is 19.0. The molecular weight excluding hydrogens is 356 g/mol. The highest BCUT2D eigenvalue weighted by molar-refractivity contribution is 6.44. The van der Waals surface area contributed by atoms with Gasteiger partial charge in [0, 0.05) is 12.6 Å². The summed E-state index contributed by atoms with van der Waals surface area (Å²) in [6.07, 6.45) is 2.03. The largest absolute Gasteiger partial charge is 0.327 e. The van der Waals surface area contributed by atoms with E-state index in [1.807, 2.05) is 4.90 Å².